The van der Waals surface area contributed by atoms with E-state index in [1.54, 1.807) is 11.3 Å². The molecule has 2 atom stereocenters. The number of nitrogens with one attached hydrogen (secondary N) is 2. The van der Waals surface area contributed by atoms with Gasteiger partial charge in [-0.1, -0.05) is 0 Å². The number of hydrogen-bond acceptors (Lipinski definition) is 4. The molecule has 0 aromatic carbocycles. The molecule has 2 amide bonds. The van der Waals surface area contributed by atoms with Crippen LogP contribution in [0.15, 0.2) is 23.0 Å². The first-order chi connectivity index (χ1) is 11.6. The summed E-state index contributed by atoms with van der Waals surface area (Å²) in [4.78, 5) is 14.3. The Balaban J connectivity index is 1.46. The van der Waals surface area contributed by atoms with Crippen molar-refractivity contribution in [1.29, 1.82) is 0 Å². The van der Waals surface area contributed by atoms with Crippen LogP contribution in [-0.2, 0) is 11.2 Å². The zero-order chi connectivity index (χ0) is 16.9. The molecule has 0 spiro atoms. The van der Waals surface area contributed by atoms with Gasteiger partial charge < -0.3 is 15.0 Å². The molecular weight excluding hydrogens is 324 g/mol. The van der Waals surface area contributed by atoms with Crippen LogP contribution < -0.4 is 5.32 Å². The van der Waals surface area contributed by atoms with Crippen LogP contribution in [0, 0.1) is 6.92 Å². The van der Waals surface area contributed by atoms with Gasteiger partial charge in [-0.2, -0.15) is 16.4 Å². The summed E-state index contributed by atoms with van der Waals surface area (Å²) in [7, 11) is 0. The van der Waals surface area contributed by atoms with Crippen molar-refractivity contribution in [2.45, 2.75) is 38.9 Å². The second-order valence-electron chi connectivity index (χ2n) is 6.25. The third kappa shape index (κ3) is 4.15. The predicted molar refractivity (Wildman–Crippen MR) is 94.2 cm³/mol. The standard InChI is InChI=1S/C17H24N4O2S/c1-12-9-21(10-16(23-12)15-5-7-24-11-15)17(22)18-6-3-4-14-8-19-20-13(14)2/h5,7-8,11-12,16H,3-4,6,9-10H2,1-2H3,(H,18,22)(H,19,20)/t12-,16-/m0/s1. The summed E-state index contributed by atoms with van der Waals surface area (Å²) in [6, 6.07) is 2.06. The summed E-state index contributed by atoms with van der Waals surface area (Å²) in [5.74, 6) is 0. The average molecular weight is 348 g/mol. The van der Waals surface area contributed by atoms with Gasteiger partial charge in [0.2, 0.25) is 0 Å². The fourth-order valence-corrected chi connectivity index (χ4v) is 3.67. The summed E-state index contributed by atoms with van der Waals surface area (Å²) in [6.07, 6.45) is 3.69. The number of thiophene rings is 1. The lowest BCUT2D eigenvalue weighted by atomic mass is 10.1. The highest BCUT2D eigenvalue weighted by molar-refractivity contribution is 7.07. The first kappa shape index (κ1) is 17.0. The van der Waals surface area contributed by atoms with Gasteiger partial charge in [0.25, 0.3) is 0 Å². The molecule has 1 aliphatic rings. The topological polar surface area (TPSA) is 70.2 Å². The largest absolute Gasteiger partial charge is 0.367 e. The molecule has 2 aromatic heterocycles. The van der Waals surface area contributed by atoms with Crippen LogP contribution in [0.4, 0.5) is 4.79 Å². The van der Waals surface area contributed by atoms with Crippen molar-refractivity contribution in [1.82, 2.24) is 20.4 Å². The maximum absolute atomic E-state index is 12.4. The quantitative estimate of drug-likeness (QED) is 0.816. The molecule has 0 unspecified atom stereocenters. The molecule has 0 aliphatic carbocycles. The summed E-state index contributed by atoms with van der Waals surface area (Å²) in [6.45, 7) is 5.93. The number of aromatic nitrogens is 2. The molecule has 1 fully saturated rings. The van der Waals surface area contributed by atoms with E-state index in [4.69, 9.17) is 4.74 Å². The molecule has 2 N–H and O–H groups in total. The predicted octanol–water partition coefficient (Wildman–Crippen LogP) is 2.88. The fourth-order valence-electron chi connectivity index (χ4n) is 2.97. The second kappa shape index (κ2) is 7.81. The Morgan fingerprint density at radius 3 is 3.12 bits per heavy atom. The van der Waals surface area contributed by atoms with Crippen LogP contribution in [0.2, 0.25) is 0 Å². The van der Waals surface area contributed by atoms with Gasteiger partial charge >= 0.3 is 6.03 Å². The Morgan fingerprint density at radius 2 is 2.42 bits per heavy atom. The number of morpholine rings is 1. The van der Waals surface area contributed by atoms with E-state index in [9.17, 15) is 4.79 Å². The van der Waals surface area contributed by atoms with E-state index >= 15 is 0 Å². The van der Waals surface area contributed by atoms with Gasteiger partial charge in [0.15, 0.2) is 0 Å². The van der Waals surface area contributed by atoms with E-state index in [0.717, 1.165) is 24.1 Å². The minimum Gasteiger partial charge on any atom is -0.367 e. The zero-order valence-electron chi connectivity index (χ0n) is 14.1. The molecule has 6 nitrogen and oxygen atoms in total. The van der Waals surface area contributed by atoms with E-state index in [1.807, 2.05) is 30.3 Å². The lowest BCUT2D eigenvalue weighted by molar-refractivity contribution is -0.0654. The number of nitrogens with zero attached hydrogens (tertiary/aromatic N) is 2. The van der Waals surface area contributed by atoms with Crippen LogP contribution in [0.5, 0.6) is 0 Å². The van der Waals surface area contributed by atoms with Gasteiger partial charge in [-0.15, -0.1) is 0 Å². The van der Waals surface area contributed by atoms with E-state index < -0.39 is 0 Å². The van der Waals surface area contributed by atoms with Crippen molar-refractivity contribution in [3.63, 3.8) is 0 Å². The maximum atomic E-state index is 12.4. The molecule has 3 rings (SSSR count). The summed E-state index contributed by atoms with van der Waals surface area (Å²) < 4.78 is 5.97. The van der Waals surface area contributed by atoms with E-state index in [-0.39, 0.29) is 18.2 Å². The monoisotopic (exact) mass is 348 g/mol. The van der Waals surface area contributed by atoms with Crippen molar-refractivity contribution < 1.29 is 9.53 Å². The number of aryl methyl sites for hydroxylation is 2. The van der Waals surface area contributed by atoms with Gasteiger partial charge in [0.1, 0.15) is 6.10 Å². The molecule has 24 heavy (non-hydrogen) atoms. The van der Waals surface area contributed by atoms with Crippen LogP contribution >= 0.6 is 11.3 Å². The number of carbonyl (C=O) groups is 1. The first-order valence-corrected chi connectivity index (χ1v) is 9.27. The van der Waals surface area contributed by atoms with Gasteiger partial charge in [-0.05, 0) is 54.6 Å². The average Bonchev–Trinajstić information content (AvgIpc) is 3.23. The van der Waals surface area contributed by atoms with Gasteiger partial charge in [-0.25, -0.2) is 4.79 Å². The molecule has 130 valence electrons. The first-order valence-electron chi connectivity index (χ1n) is 8.32. The van der Waals surface area contributed by atoms with Crippen molar-refractivity contribution in [2.24, 2.45) is 0 Å². The third-order valence-electron chi connectivity index (χ3n) is 4.30. The van der Waals surface area contributed by atoms with E-state index in [2.05, 4.69) is 27.0 Å². The van der Waals surface area contributed by atoms with Crippen molar-refractivity contribution >= 4 is 17.4 Å². The molecule has 2 aromatic rings. The number of ether oxygens (including phenoxy) is 1. The highest BCUT2D eigenvalue weighted by Crippen LogP contribution is 2.26. The molecule has 1 saturated heterocycles. The minimum absolute atomic E-state index is 0.00528. The van der Waals surface area contributed by atoms with Crippen LogP contribution in [0.3, 0.4) is 0 Å². The smallest absolute Gasteiger partial charge is 0.317 e. The van der Waals surface area contributed by atoms with Crippen LogP contribution in [0.25, 0.3) is 0 Å². The summed E-state index contributed by atoms with van der Waals surface area (Å²) >= 11 is 1.65. The van der Waals surface area contributed by atoms with Crippen molar-refractivity contribution in [3.8, 4) is 0 Å². The number of aromatic amines is 1. The Labute approximate surface area is 146 Å². The van der Waals surface area contributed by atoms with Crippen molar-refractivity contribution in [3.05, 3.63) is 39.8 Å². The molecule has 0 saturated carbocycles. The van der Waals surface area contributed by atoms with Crippen molar-refractivity contribution in [2.75, 3.05) is 19.6 Å². The highest BCUT2D eigenvalue weighted by atomic mass is 32.1. The number of hydrogen-bond donors (Lipinski definition) is 2. The highest BCUT2D eigenvalue weighted by Gasteiger charge is 2.29. The Bertz CT molecular complexity index is 655. The summed E-state index contributed by atoms with van der Waals surface area (Å²) in [5, 5.41) is 14.1. The van der Waals surface area contributed by atoms with E-state index in [0.29, 0.717) is 19.6 Å². The normalized spacial score (nSPS) is 21.0. The Kier molecular flexibility index (Phi) is 5.52. The lowest BCUT2D eigenvalue weighted by Gasteiger charge is -2.36. The van der Waals surface area contributed by atoms with Crippen LogP contribution in [0.1, 0.15) is 36.3 Å². The van der Waals surface area contributed by atoms with Crippen LogP contribution in [-0.4, -0.2) is 46.9 Å². The summed E-state index contributed by atoms with van der Waals surface area (Å²) in [5.41, 5.74) is 3.46. The Hall–Kier alpha value is -1.86. The molecular formula is C17H24N4O2S. The molecule has 3 heterocycles. The molecule has 1 aliphatic heterocycles. The number of carbonyl (C=O) groups excluding carboxylic acids is 1. The maximum Gasteiger partial charge on any atom is 0.317 e. The van der Waals surface area contributed by atoms with Gasteiger partial charge in [-0.3, -0.25) is 5.10 Å². The SMILES string of the molecule is Cc1[nH]ncc1CCCNC(=O)N1C[C@@H](c2ccsc2)O[C@@H](C)C1. The molecule has 7 heteroatoms. The molecule has 0 radical (unpaired) electrons. The second-order valence-corrected chi connectivity index (χ2v) is 7.03. The fraction of sp³-hybridized carbons (Fsp3) is 0.529. The minimum atomic E-state index is -0.0284. The third-order valence-corrected chi connectivity index (χ3v) is 5.00. The number of H-pyrrole nitrogens is 1. The number of rotatable bonds is 5. The van der Waals surface area contributed by atoms with E-state index in [1.165, 1.54) is 5.56 Å². The zero-order valence-corrected chi connectivity index (χ0v) is 14.9. The lowest BCUT2D eigenvalue weighted by Crippen LogP contribution is -2.50. The van der Waals surface area contributed by atoms with Gasteiger partial charge in [0, 0.05) is 18.8 Å². The number of amides is 2. The number of urea groups is 1. The van der Waals surface area contributed by atoms with Gasteiger partial charge in [0.05, 0.1) is 18.8 Å². The Morgan fingerprint density at radius 1 is 1.54 bits per heavy atom. The molecule has 0 bridgehead atoms.